The summed E-state index contributed by atoms with van der Waals surface area (Å²) >= 11 is 0. The molecule has 0 aliphatic rings. The number of aromatic nitrogens is 3. The van der Waals surface area contributed by atoms with E-state index in [1.54, 1.807) is 49.4 Å². The van der Waals surface area contributed by atoms with Crippen LogP contribution >= 0.6 is 0 Å². The summed E-state index contributed by atoms with van der Waals surface area (Å²) in [6.07, 6.45) is 1.45. The zero-order valence-corrected chi connectivity index (χ0v) is 22.6. The number of benzene rings is 3. The molecule has 3 aromatic carbocycles. The van der Waals surface area contributed by atoms with Crippen molar-refractivity contribution in [2.24, 2.45) is 0 Å². The second kappa shape index (κ2) is 10.3. The van der Waals surface area contributed by atoms with E-state index >= 15 is 0 Å². The summed E-state index contributed by atoms with van der Waals surface area (Å²) in [5, 5.41) is 3.30. The van der Waals surface area contributed by atoms with E-state index in [0.29, 0.717) is 35.2 Å². The molecule has 1 N–H and O–H groups in total. The van der Waals surface area contributed by atoms with Gasteiger partial charge in [-0.25, -0.2) is 26.7 Å². The van der Waals surface area contributed by atoms with Gasteiger partial charge >= 0.3 is 0 Å². The van der Waals surface area contributed by atoms with E-state index < -0.39 is 21.7 Å². The normalized spacial score (nSPS) is 12.2. The van der Waals surface area contributed by atoms with Crippen LogP contribution in [-0.2, 0) is 10.0 Å². The van der Waals surface area contributed by atoms with Crippen LogP contribution in [0, 0.1) is 18.6 Å². The quantitative estimate of drug-likeness (QED) is 0.260. The van der Waals surface area contributed by atoms with Crippen LogP contribution in [0.25, 0.3) is 38.8 Å². The highest BCUT2D eigenvalue weighted by Crippen LogP contribution is 2.31. The van der Waals surface area contributed by atoms with Crippen molar-refractivity contribution in [3.8, 4) is 22.3 Å². The Morgan fingerprint density at radius 2 is 1.59 bits per heavy atom. The number of nitrogens with one attached hydrogen (secondary N) is 1. The fraction of sp³-hybridized carbons (Fsp3) is 0.241. The van der Waals surface area contributed by atoms with E-state index in [1.165, 1.54) is 14.9 Å². The third-order valence-corrected chi connectivity index (χ3v) is 8.63. The van der Waals surface area contributed by atoms with Gasteiger partial charge in [0.2, 0.25) is 10.0 Å². The molecule has 202 valence electrons. The van der Waals surface area contributed by atoms with Gasteiger partial charge in [-0.3, -0.25) is 9.89 Å². The minimum absolute atomic E-state index is 0.132. The average Bonchev–Trinajstić information content (AvgIpc) is 3.24. The minimum atomic E-state index is -3.60. The van der Waals surface area contributed by atoms with Crippen LogP contribution in [0.4, 0.5) is 8.78 Å². The number of nitrogens with zero attached hydrogens (tertiary/aromatic N) is 3. The van der Waals surface area contributed by atoms with Crippen LogP contribution in [0.1, 0.15) is 32.4 Å². The topological polar surface area (TPSA) is 87.5 Å². The molecule has 5 aromatic rings. The second-order valence-corrected chi connectivity index (χ2v) is 11.4. The molecule has 0 aliphatic carbocycles. The highest BCUT2D eigenvalue weighted by molar-refractivity contribution is 7.89. The maximum Gasteiger partial charge on any atom is 0.280 e. The van der Waals surface area contributed by atoms with Gasteiger partial charge in [0.15, 0.2) is 5.65 Å². The van der Waals surface area contributed by atoms with Crippen molar-refractivity contribution < 1.29 is 17.2 Å². The number of hydrogen-bond donors (Lipinski definition) is 1. The average molecular weight is 551 g/mol. The first-order valence-corrected chi connectivity index (χ1v) is 14.2. The van der Waals surface area contributed by atoms with Crippen molar-refractivity contribution in [3.63, 3.8) is 0 Å². The van der Waals surface area contributed by atoms with E-state index in [0.717, 1.165) is 36.1 Å². The third-order valence-electron chi connectivity index (χ3n) is 6.72. The van der Waals surface area contributed by atoms with Gasteiger partial charge in [-0.05, 0) is 67.3 Å². The molecule has 0 bridgehead atoms. The van der Waals surface area contributed by atoms with Crippen LogP contribution < -0.4 is 5.56 Å². The molecule has 10 heteroatoms. The zero-order valence-electron chi connectivity index (χ0n) is 21.8. The lowest BCUT2D eigenvalue weighted by Gasteiger charge is -2.21. The Balaban J connectivity index is 1.59. The van der Waals surface area contributed by atoms with Gasteiger partial charge in [-0.2, -0.15) is 4.31 Å². The van der Waals surface area contributed by atoms with E-state index in [9.17, 15) is 22.0 Å². The lowest BCUT2D eigenvalue weighted by Crippen LogP contribution is -2.32. The summed E-state index contributed by atoms with van der Waals surface area (Å²) < 4.78 is 57.2. The van der Waals surface area contributed by atoms with E-state index in [1.807, 2.05) is 13.8 Å². The Hall–Kier alpha value is -3.89. The molecule has 7 nitrogen and oxygen atoms in total. The van der Waals surface area contributed by atoms with Crippen LogP contribution in [-0.4, -0.2) is 40.4 Å². The Labute approximate surface area is 224 Å². The van der Waals surface area contributed by atoms with E-state index in [-0.39, 0.29) is 21.7 Å². The number of halogens is 2. The first-order chi connectivity index (χ1) is 18.6. The molecule has 0 radical (unpaired) electrons. The molecule has 0 aliphatic heterocycles. The Kier molecular flexibility index (Phi) is 7.09. The molecule has 5 rings (SSSR count). The molecule has 0 unspecified atom stereocenters. The Morgan fingerprint density at radius 1 is 0.923 bits per heavy atom. The fourth-order valence-electron chi connectivity index (χ4n) is 4.86. The first kappa shape index (κ1) is 26.7. The number of rotatable bonds is 8. The minimum Gasteiger partial charge on any atom is -0.293 e. The summed E-state index contributed by atoms with van der Waals surface area (Å²) in [5.74, 6) is -1.45. The van der Waals surface area contributed by atoms with E-state index in [4.69, 9.17) is 0 Å². The highest BCUT2D eigenvalue weighted by Gasteiger charge is 2.23. The summed E-state index contributed by atoms with van der Waals surface area (Å²) in [5.41, 5.74) is 2.77. The predicted molar refractivity (Wildman–Crippen MR) is 148 cm³/mol. The van der Waals surface area contributed by atoms with Gasteiger partial charge < -0.3 is 0 Å². The fourth-order valence-corrected chi connectivity index (χ4v) is 6.49. The number of aryl methyl sites for hydroxylation is 1. The van der Waals surface area contributed by atoms with Gasteiger partial charge in [-0.15, -0.1) is 0 Å². The van der Waals surface area contributed by atoms with Crippen LogP contribution in [0.3, 0.4) is 0 Å². The van der Waals surface area contributed by atoms with Crippen molar-refractivity contribution in [1.29, 1.82) is 0 Å². The number of aromatic amines is 1. The molecule has 2 heterocycles. The third kappa shape index (κ3) is 4.74. The lowest BCUT2D eigenvalue weighted by molar-refractivity contribution is 0.410. The molecule has 0 fully saturated rings. The largest absolute Gasteiger partial charge is 0.293 e. The van der Waals surface area contributed by atoms with Crippen LogP contribution in [0.2, 0.25) is 0 Å². The zero-order chi connectivity index (χ0) is 27.9. The summed E-state index contributed by atoms with van der Waals surface area (Å²) in [7, 11) is -3.60. The predicted octanol–water partition coefficient (Wildman–Crippen LogP) is 5.91. The number of hydrogen-bond acceptors (Lipinski definition) is 4. The molecule has 0 atom stereocenters. The maximum atomic E-state index is 14.7. The molecular formula is C29H28F2N4O3S. The Bertz CT molecular complexity index is 1860. The van der Waals surface area contributed by atoms with Crippen LogP contribution in [0.5, 0.6) is 0 Å². The smallest absolute Gasteiger partial charge is 0.280 e. The molecule has 39 heavy (non-hydrogen) atoms. The lowest BCUT2D eigenvalue weighted by atomic mass is 10.0. The molecule has 2 aromatic heterocycles. The standard InChI is InChI=1S/C29H28F2N4O3S/c1-4-14-34(15-5-2)39(37,38)22-10-6-19(7-11-22)20-8-12-24-26(16-20)32-28-27(18(3)33-35(28)29(24)36)23-13-9-21(30)17-25(23)31/h6-13,16-17,33H,4-5,14-15H2,1-3H3. The summed E-state index contributed by atoms with van der Waals surface area (Å²) in [6, 6.07) is 15.1. The van der Waals surface area contributed by atoms with Crippen molar-refractivity contribution in [2.75, 3.05) is 13.1 Å². The van der Waals surface area contributed by atoms with Gasteiger partial charge in [0.25, 0.3) is 5.56 Å². The molecule has 0 saturated heterocycles. The first-order valence-electron chi connectivity index (χ1n) is 12.8. The van der Waals surface area contributed by atoms with Gasteiger partial charge in [-0.1, -0.05) is 32.0 Å². The summed E-state index contributed by atoms with van der Waals surface area (Å²) in [4.78, 5) is 18.2. The van der Waals surface area contributed by atoms with Crippen LogP contribution in [0.15, 0.2) is 70.4 Å². The highest BCUT2D eigenvalue weighted by atomic mass is 32.2. The number of H-pyrrole nitrogens is 1. The Morgan fingerprint density at radius 3 is 2.23 bits per heavy atom. The number of fused-ring (bicyclic) bond motifs is 2. The van der Waals surface area contributed by atoms with Crippen molar-refractivity contribution in [2.45, 2.75) is 38.5 Å². The van der Waals surface area contributed by atoms with Crippen molar-refractivity contribution in [1.82, 2.24) is 18.9 Å². The summed E-state index contributed by atoms with van der Waals surface area (Å²) in [6.45, 7) is 6.51. The maximum absolute atomic E-state index is 14.7. The molecule has 0 spiro atoms. The molecule has 0 saturated carbocycles. The number of sulfonamides is 1. The van der Waals surface area contributed by atoms with Crippen molar-refractivity contribution in [3.05, 3.63) is 88.3 Å². The van der Waals surface area contributed by atoms with Crippen molar-refractivity contribution >= 4 is 26.6 Å². The molecule has 0 amide bonds. The second-order valence-electron chi connectivity index (χ2n) is 9.47. The van der Waals surface area contributed by atoms with Gasteiger partial charge in [0, 0.05) is 36.0 Å². The van der Waals surface area contributed by atoms with Gasteiger partial charge in [0.1, 0.15) is 11.6 Å². The SMILES string of the molecule is CCCN(CCC)S(=O)(=O)c1ccc(-c2ccc3c(=O)n4[nH]c(C)c(-c5ccc(F)cc5F)c4nc3c2)cc1. The van der Waals surface area contributed by atoms with E-state index in [2.05, 4.69) is 10.1 Å². The monoisotopic (exact) mass is 550 g/mol. The van der Waals surface area contributed by atoms with Gasteiger partial charge in [0.05, 0.1) is 15.8 Å². The molecular weight excluding hydrogens is 522 g/mol.